The van der Waals surface area contributed by atoms with Crippen molar-refractivity contribution in [2.24, 2.45) is 0 Å². The highest BCUT2D eigenvalue weighted by molar-refractivity contribution is 5.70. The highest BCUT2D eigenvalue weighted by Crippen LogP contribution is 2.29. The van der Waals surface area contributed by atoms with E-state index in [0.717, 1.165) is 36.4 Å². The third-order valence-electron chi connectivity index (χ3n) is 3.17. The van der Waals surface area contributed by atoms with Crippen LogP contribution in [0, 0.1) is 0 Å². The largest absolute Gasteiger partial charge is 0.493 e. The fourth-order valence-electron chi connectivity index (χ4n) is 2.10. The lowest BCUT2D eigenvalue weighted by molar-refractivity contribution is 0.318. The number of hydrogen-bond donors (Lipinski definition) is 1. The number of nitrogens with zero attached hydrogens (tertiary/aromatic N) is 1. The number of rotatable bonds is 7. The van der Waals surface area contributed by atoms with E-state index in [-0.39, 0.29) is 0 Å². The predicted octanol–water partition coefficient (Wildman–Crippen LogP) is 4.04. The van der Waals surface area contributed by atoms with E-state index >= 15 is 0 Å². The summed E-state index contributed by atoms with van der Waals surface area (Å²) in [6, 6.07) is 10.8. The molecule has 1 N–H and O–H groups in total. The molecule has 0 radical (unpaired) electrons. The number of aromatic nitrogens is 1. The van der Waals surface area contributed by atoms with E-state index in [1.165, 1.54) is 5.56 Å². The molecule has 2 aromatic rings. The van der Waals surface area contributed by atoms with Crippen molar-refractivity contribution in [2.45, 2.75) is 39.8 Å². The van der Waals surface area contributed by atoms with Crippen molar-refractivity contribution in [1.29, 1.82) is 0 Å². The van der Waals surface area contributed by atoms with Crippen molar-refractivity contribution in [1.82, 2.24) is 10.3 Å². The van der Waals surface area contributed by atoms with Gasteiger partial charge in [-0.3, -0.25) is 4.98 Å². The van der Waals surface area contributed by atoms with E-state index in [1.807, 2.05) is 30.6 Å². The molecule has 0 aliphatic heterocycles. The molecule has 0 amide bonds. The van der Waals surface area contributed by atoms with Crippen LogP contribution in [0.25, 0.3) is 11.1 Å². The molecule has 2 rings (SSSR count). The second-order valence-electron chi connectivity index (χ2n) is 5.46. The average Bonchev–Trinajstić information content (AvgIpc) is 2.51. The van der Waals surface area contributed by atoms with Crippen molar-refractivity contribution < 1.29 is 4.74 Å². The van der Waals surface area contributed by atoms with Crippen LogP contribution in [0.3, 0.4) is 0 Å². The van der Waals surface area contributed by atoms with E-state index in [0.29, 0.717) is 6.04 Å². The van der Waals surface area contributed by atoms with Crippen LogP contribution in [-0.4, -0.2) is 17.6 Å². The van der Waals surface area contributed by atoms with Gasteiger partial charge in [0, 0.05) is 36.1 Å². The molecule has 3 heteroatoms. The number of benzene rings is 1. The van der Waals surface area contributed by atoms with Crippen LogP contribution in [0.1, 0.15) is 32.8 Å². The molecule has 1 aromatic heterocycles. The van der Waals surface area contributed by atoms with Crippen molar-refractivity contribution in [3.8, 4) is 16.9 Å². The number of hydrogen-bond acceptors (Lipinski definition) is 3. The maximum atomic E-state index is 5.84. The molecular weight excluding hydrogens is 260 g/mol. The molecule has 0 aliphatic carbocycles. The van der Waals surface area contributed by atoms with E-state index < -0.39 is 0 Å². The Kier molecular flexibility index (Phi) is 5.76. The third kappa shape index (κ3) is 4.57. The fraction of sp³-hybridized carbons (Fsp3) is 0.389. The number of pyridine rings is 1. The van der Waals surface area contributed by atoms with E-state index in [9.17, 15) is 0 Å². The average molecular weight is 284 g/mol. The molecule has 0 unspecified atom stereocenters. The van der Waals surface area contributed by atoms with Crippen molar-refractivity contribution in [3.05, 3.63) is 48.3 Å². The van der Waals surface area contributed by atoms with Gasteiger partial charge in [0.1, 0.15) is 5.75 Å². The van der Waals surface area contributed by atoms with Crippen molar-refractivity contribution >= 4 is 0 Å². The molecule has 21 heavy (non-hydrogen) atoms. The lowest BCUT2D eigenvalue weighted by Crippen LogP contribution is -2.21. The van der Waals surface area contributed by atoms with Crippen LogP contribution in [0.2, 0.25) is 0 Å². The van der Waals surface area contributed by atoms with Crippen molar-refractivity contribution in [3.63, 3.8) is 0 Å². The van der Waals surface area contributed by atoms with Gasteiger partial charge in [-0.05, 0) is 24.1 Å². The first kappa shape index (κ1) is 15.5. The summed E-state index contributed by atoms with van der Waals surface area (Å²) in [5, 5.41) is 3.42. The highest BCUT2D eigenvalue weighted by atomic mass is 16.5. The van der Waals surface area contributed by atoms with Gasteiger partial charge in [-0.25, -0.2) is 0 Å². The normalized spacial score (nSPS) is 10.9. The van der Waals surface area contributed by atoms with Gasteiger partial charge in [0.25, 0.3) is 0 Å². The van der Waals surface area contributed by atoms with Gasteiger partial charge in [-0.1, -0.05) is 39.0 Å². The summed E-state index contributed by atoms with van der Waals surface area (Å²) in [7, 11) is 0. The summed E-state index contributed by atoms with van der Waals surface area (Å²) in [5.74, 6) is 0.926. The Morgan fingerprint density at radius 2 is 2.00 bits per heavy atom. The summed E-state index contributed by atoms with van der Waals surface area (Å²) in [6.07, 6.45) is 4.81. The Morgan fingerprint density at radius 1 is 1.19 bits per heavy atom. The maximum Gasteiger partial charge on any atom is 0.127 e. The molecule has 112 valence electrons. The van der Waals surface area contributed by atoms with Gasteiger partial charge < -0.3 is 10.1 Å². The van der Waals surface area contributed by atoms with Gasteiger partial charge in [-0.2, -0.15) is 0 Å². The molecular formula is C18H24N2O. The first-order chi connectivity index (χ1) is 10.2. The SMILES string of the molecule is CCCOc1ccccc1-c1cncc(CNC(C)C)c1. The molecule has 0 saturated carbocycles. The predicted molar refractivity (Wildman–Crippen MR) is 87.4 cm³/mol. The standard InChI is InChI=1S/C18H24N2O/c1-4-9-21-18-8-6-5-7-17(18)16-10-15(11-19-13-16)12-20-14(2)3/h5-8,10-11,13-14,20H,4,9,12H2,1-3H3. The fourth-order valence-corrected chi connectivity index (χ4v) is 2.10. The van der Waals surface area contributed by atoms with E-state index in [4.69, 9.17) is 4.74 Å². The summed E-state index contributed by atoms with van der Waals surface area (Å²) in [6.45, 7) is 7.97. The summed E-state index contributed by atoms with van der Waals surface area (Å²) < 4.78 is 5.84. The second-order valence-corrected chi connectivity index (χ2v) is 5.46. The topological polar surface area (TPSA) is 34.1 Å². The number of para-hydroxylation sites is 1. The van der Waals surface area contributed by atoms with Crippen LogP contribution in [0.4, 0.5) is 0 Å². The Bertz CT molecular complexity index is 567. The molecule has 3 nitrogen and oxygen atoms in total. The minimum Gasteiger partial charge on any atom is -0.493 e. The van der Waals surface area contributed by atoms with Crippen LogP contribution in [0.5, 0.6) is 5.75 Å². The molecule has 1 aromatic carbocycles. The van der Waals surface area contributed by atoms with Gasteiger partial charge in [0.15, 0.2) is 0 Å². The Morgan fingerprint density at radius 3 is 2.76 bits per heavy atom. The van der Waals surface area contributed by atoms with Gasteiger partial charge >= 0.3 is 0 Å². The lowest BCUT2D eigenvalue weighted by Gasteiger charge is -2.12. The van der Waals surface area contributed by atoms with Gasteiger partial charge in [-0.15, -0.1) is 0 Å². The molecule has 0 aliphatic rings. The smallest absolute Gasteiger partial charge is 0.127 e. The van der Waals surface area contributed by atoms with E-state index in [2.05, 4.69) is 43.2 Å². The summed E-state index contributed by atoms with van der Waals surface area (Å²) in [5.41, 5.74) is 3.39. The Labute approximate surface area is 127 Å². The molecule has 0 bridgehead atoms. The second kappa shape index (κ2) is 7.79. The first-order valence-electron chi connectivity index (χ1n) is 7.60. The van der Waals surface area contributed by atoms with Gasteiger partial charge in [0.2, 0.25) is 0 Å². The van der Waals surface area contributed by atoms with Crippen LogP contribution in [-0.2, 0) is 6.54 Å². The zero-order chi connectivity index (χ0) is 15.1. The van der Waals surface area contributed by atoms with Crippen LogP contribution >= 0.6 is 0 Å². The van der Waals surface area contributed by atoms with Crippen LogP contribution < -0.4 is 10.1 Å². The first-order valence-corrected chi connectivity index (χ1v) is 7.60. The Hall–Kier alpha value is -1.87. The summed E-state index contributed by atoms with van der Waals surface area (Å²) >= 11 is 0. The molecule has 0 spiro atoms. The quantitative estimate of drug-likeness (QED) is 0.833. The van der Waals surface area contributed by atoms with Crippen LogP contribution in [0.15, 0.2) is 42.7 Å². The molecule has 0 atom stereocenters. The highest BCUT2D eigenvalue weighted by Gasteiger charge is 2.07. The molecule has 0 fully saturated rings. The number of nitrogens with one attached hydrogen (secondary N) is 1. The Balaban J connectivity index is 2.23. The maximum absolute atomic E-state index is 5.84. The zero-order valence-electron chi connectivity index (χ0n) is 13.1. The lowest BCUT2D eigenvalue weighted by atomic mass is 10.0. The van der Waals surface area contributed by atoms with Gasteiger partial charge in [0.05, 0.1) is 6.61 Å². The minimum absolute atomic E-state index is 0.467. The molecule has 1 heterocycles. The number of ether oxygens (including phenoxy) is 1. The zero-order valence-corrected chi connectivity index (χ0v) is 13.1. The summed E-state index contributed by atoms with van der Waals surface area (Å²) in [4.78, 5) is 4.36. The minimum atomic E-state index is 0.467. The van der Waals surface area contributed by atoms with Crippen molar-refractivity contribution in [2.75, 3.05) is 6.61 Å². The third-order valence-corrected chi connectivity index (χ3v) is 3.17. The molecule has 0 saturated heterocycles. The monoisotopic (exact) mass is 284 g/mol. The van der Waals surface area contributed by atoms with E-state index in [1.54, 1.807) is 0 Å².